The molecule has 4 nitrogen and oxygen atoms in total. The molecule has 0 radical (unpaired) electrons. The molecule has 11 heavy (non-hydrogen) atoms. The van der Waals surface area contributed by atoms with Gasteiger partial charge in [-0.2, -0.15) is 5.10 Å². The molecule has 4 heteroatoms. The molecule has 0 saturated heterocycles. The monoisotopic (exact) mass is 150 g/mol. The van der Waals surface area contributed by atoms with Gasteiger partial charge in [-0.25, -0.2) is 4.99 Å². The van der Waals surface area contributed by atoms with E-state index >= 15 is 0 Å². The summed E-state index contributed by atoms with van der Waals surface area (Å²) in [6.07, 6.45) is 4.57. The van der Waals surface area contributed by atoms with Crippen molar-refractivity contribution in [3.63, 3.8) is 0 Å². The van der Waals surface area contributed by atoms with E-state index in [-0.39, 0.29) is 0 Å². The van der Waals surface area contributed by atoms with Crippen molar-refractivity contribution in [3.8, 4) is 0 Å². The molecule has 0 aromatic carbocycles. The highest BCUT2D eigenvalue weighted by molar-refractivity contribution is 6.01. The molecule has 0 aromatic rings. The quantitative estimate of drug-likeness (QED) is 0.539. The molecule has 2 aliphatic heterocycles. The van der Waals surface area contributed by atoms with Gasteiger partial charge in [0.25, 0.3) is 0 Å². The Bertz CT molecular complexity index is 264. The molecule has 0 bridgehead atoms. The van der Waals surface area contributed by atoms with Crippen molar-refractivity contribution < 1.29 is 0 Å². The van der Waals surface area contributed by atoms with Gasteiger partial charge in [-0.1, -0.05) is 6.08 Å². The van der Waals surface area contributed by atoms with E-state index in [1.165, 1.54) is 6.34 Å². The van der Waals surface area contributed by atoms with Crippen LogP contribution in [0.5, 0.6) is 0 Å². The first-order valence-corrected chi connectivity index (χ1v) is 3.64. The van der Waals surface area contributed by atoms with Crippen molar-refractivity contribution in [2.24, 2.45) is 15.8 Å². The largest absolute Gasteiger partial charge is 0.382 e. The Kier molecular flexibility index (Phi) is 1.21. The Hall–Kier alpha value is -1.32. The smallest absolute Gasteiger partial charge is 0.150 e. The fraction of sp³-hybridized carbons (Fsp3) is 0.429. The summed E-state index contributed by atoms with van der Waals surface area (Å²) in [6.45, 7) is 2.11. The van der Waals surface area contributed by atoms with Gasteiger partial charge in [0.2, 0.25) is 0 Å². The second-order valence-corrected chi connectivity index (χ2v) is 2.76. The van der Waals surface area contributed by atoms with Crippen LogP contribution < -0.4 is 5.73 Å². The van der Waals surface area contributed by atoms with Gasteiger partial charge in [-0.3, -0.25) is 5.01 Å². The fourth-order valence-corrected chi connectivity index (χ4v) is 1.32. The fourth-order valence-electron chi connectivity index (χ4n) is 1.32. The average Bonchev–Trinajstić information content (AvgIpc) is 2.35. The Labute approximate surface area is 65.1 Å². The molecule has 2 N–H and O–H groups in total. The van der Waals surface area contributed by atoms with Crippen LogP contribution in [0.1, 0.15) is 13.3 Å². The lowest BCUT2D eigenvalue weighted by Crippen LogP contribution is -2.32. The first kappa shape index (κ1) is 6.39. The number of hydrogen-bond donors (Lipinski definition) is 1. The van der Waals surface area contributed by atoms with Gasteiger partial charge in [0.15, 0.2) is 5.84 Å². The normalized spacial score (nSPS) is 28.1. The summed E-state index contributed by atoms with van der Waals surface area (Å²) < 4.78 is 0. The second kappa shape index (κ2) is 2.08. The molecular weight excluding hydrogens is 140 g/mol. The Morgan fingerprint density at radius 1 is 1.73 bits per heavy atom. The third-order valence-electron chi connectivity index (χ3n) is 1.95. The zero-order valence-electron chi connectivity index (χ0n) is 6.36. The maximum Gasteiger partial charge on any atom is 0.150 e. The molecule has 0 amide bonds. The van der Waals surface area contributed by atoms with Gasteiger partial charge in [-0.15, -0.1) is 0 Å². The molecule has 0 unspecified atom stereocenters. The van der Waals surface area contributed by atoms with Crippen LogP contribution >= 0.6 is 0 Å². The van der Waals surface area contributed by atoms with Crippen molar-refractivity contribution in [2.45, 2.75) is 19.4 Å². The van der Waals surface area contributed by atoms with E-state index in [0.717, 1.165) is 12.1 Å². The van der Waals surface area contributed by atoms with Crippen molar-refractivity contribution >= 4 is 12.2 Å². The number of nitrogens with two attached hydrogens (primary N) is 1. The van der Waals surface area contributed by atoms with Crippen LogP contribution in [0.15, 0.2) is 21.9 Å². The molecule has 1 atom stereocenters. The van der Waals surface area contributed by atoms with E-state index in [9.17, 15) is 0 Å². The third-order valence-corrected chi connectivity index (χ3v) is 1.95. The number of hydrazone groups is 1. The lowest BCUT2D eigenvalue weighted by molar-refractivity contribution is 0.321. The van der Waals surface area contributed by atoms with Crippen LogP contribution in [-0.4, -0.2) is 23.2 Å². The zero-order chi connectivity index (χ0) is 7.84. The summed E-state index contributed by atoms with van der Waals surface area (Å²) in [7, 11) is 0. The van der Waals surface area contributed by atoms with E-state index in [0.29, 0.717) is 11.9 Å². The van der Waals surface area contributed by atoms with Crippen LogP contribution in [0.3, 0.4) is 0 Å². The molecule has 0 fully saturated rings. The van der Waals surface area contributed by atoms with Gasteiger partial charge >= 0.3 is 0 Å². The molecule has 0 spiro atoms. The van der Waals surface area contributed by atoms with E-state index in [4.69, 9.17) is 5.73 Å². The summed E-state index contributed by atoms with van der Waals surface area (Å²) in [4.78, 5) is 3.90. The van der Waals surface area contributed by atoms with Crippen LogP contribution in [0.4, 0.5) is 0 Å². The number of amidine groups is 1. The van der Waals surface area contributed by atoms with Crippen LogP contribution in [0.25, 0.3) is 0 Å². The van der Waals surface area contributed by atoms with Crippen molar-refractivity contribution in [1.82, 2.24) is 5.01 Å². The van der Waals surface area contributed by atoms with Crippen molar-refractivity contribution in [2.75, 3.05) is 0 Å². The predicted molar refractivity (Wildman–Crippen MR) is 44.1 cm³/mol. The predicted octanol–water partition coefficient (Wildman–Crippen LogP) is 0.279. The van der Waals surface area contributed by atoms with E-state index in [1.807, 2.05) is 5.01 Å². The van der Waals surface area contributed by atoms with Gasteiger partial charge in [0, 0.05) is 0 Å². The Balaban J connectivity index is 2.35. The number of hydrogen-bond acceptors (Lipinski definition) is 4. The maximum atomic E-state index is 5.63. The van der Waals surface area contributed by atoms with Crippen LogP contribution in [0.2, 0.25) is 0 Å². The van der Waals surface area contributed by atoms with Crippen molar-refractivity contribution in [1.29, 1.82) is 0 Å². The molecule has 0 aliphatic carbocycles. The van der Waals surface area contributed by atoms with Gasteiger partial charge in [-0.05, 0) is 13.3 Å². The lowest BCUT2D eigenvalue weighted by atomic mass is 10.3. The SMILES string of the molecule is C[C@H]1CC=C2C(N)=NC=NN21. The summed E-state index contributed by atoms with van der Waals surface area (Å²) in [5, 5.41) is 6.00. The second-order valence-electron chi connectivity index (χ2n) is 2.76. The molecule has 2 aliphatic rings. The number of aliphatic imine (C=N–C) groups is 1. The Morgan fingerprint density at radius 2 is 2.55 bits per heavy atom. The summed E-state index contributed by atoms with van der Waals surface area (Å²) in [6, 6.07) is 0.426. The lowest BCUT2D eigenvalue weighted by Gasteiger charge is -2.22. The standard InChI is InChI=1S/C7H10N4/c1-5-2-3-6-7(8)9-4-10-11(5)6/h3-5H,2H2,1H3,(H2,8,9,10)/t5-/m0/s1. The summed E-state index contributed by atoms with van der Waals surface area (Å²) in [5.41, 5.74) is 6.59. The minimum absolute atomic E-state index is 0.426. The molecule has 0 aromatic heterocycles. The highest BCUT2D eigenvalue weighted by atomic mass is 15.5. The topological polar surface area (TPSA) is 54.0 Å². The first-order chi connectivity index (χ1) is 5.29. The van der Waals surface area contributed by atoms with E-state index in [1.54, 1.807) is 0 Å². The summed E-state index contributed by atoms with van der Waals surface area (Å²) >= 11 is 0. The minimum Gasteiger partial charge on any atom is -0.382 e. The highest BCUT2D eigenvalue weighted by Crippen LogP contribution is 2.23. The average molecular weight is 150 g/mol. The van der Waals surface area contributed by atoms with Gasteiger partial charge in [0.05, 0.1) is 11.7 Å². The molecule has 2 heterocycles. The first-order valence-electron chi connectivity index (χ1n) is 3.64. The van der Waals surface area contributed by atoms with Gasteiger partial charge < -0.3 is 5.73 Å². The third kappa shape index (κ3) is 0.824. The van der Waals surface area contributed by atoms with E-state index < -0.39 is 0 Å². The highest BCUT2D eigenvalue weighted by Gasteiger charge is 2.25. The summed E-state index contributed by atoms with van der Waals surface area (Å²) in [5.74, 6) is 0.573. The molecule has 58 valence electrons. The van der Waals surface area contributed by atoms with Crippen molar-refractivity contribution in [3.05, 3.63) is 11.8 Å². The number of nitrogens with zero attached hydrogens (tertiary/aromatic N) is 3. The van der Waals surface area contributed by atoms with Gasteiger partial charge in [0.1, 0.15) is 6.34 Å². The maximum absolute atomic E-state index is 5.63. The molecule has 0 saturated carbocycles. The Morgan fingerprint density at radius 3 is 3.27 bits per heavy atom. The zero-order valence-corrected chi connectivity index (χ0v) is 6.36. The molecule has 2 rings (SSSR count). The minimum atomic E-state index is 0.426. The van der Waals surface area contributed by atoms with Crippen LogP contribution in [0, 0.1) is 0 Å². The number of rotatable bonds is 0. The van der Waals surface area contributed by atoms with E-state index in [2.05, 4.69) is 23.1 Å². The van der Waals surface area contributed by atoms with Crippen LogP contribution in [-0.2, 0) is 0 Å². The molecular formula is C7H10N4. The number of fused-ring (bicyclic) bond motifs is 1.